The molecule has 208 valence electrons. The van der Waals surface area contributed by atoms with Crippen LogP contribution in [0.25, 0.3) is 0 Å². The van der Waals surface area contributed by atoms with Crippen molar-refractivity contribution >= 4 is 27.9 Å². The molecule has 7 heteroatoms. The van der Waals surface area contributed by atoms with Crippen LogP contribution in [-0.2, 0) is 33.7 Å². The Hall–Kier alpha value is -3.16. The molecule has 0 amide bonds. The number of carbonyl (C=O) groups is 2. The van der Waals surface area contributed by atoms with Gasteiger partial charge in [-0.05, 0) is 86.2 Å². The van der Waals surface area contributed by atoms with E-state index in [1.807, 2.05) is 61.5 Å². The van der Waals surface area contributed by atoms with Gasteiger partial charge in [-0.15, -0.1) is 0 Å². The van der Waals surface area contributed by atoms with Crippen LogP contribution in [0.15, 0.2) is 77.3 Å². The molecule has 0 spiro atoms. The Morgan fingerprint density at radius 2 is 1.51 bits per heavy atom. The number of hydrogen-bond donors (Lipinski definition) is 0. The molecule has 0 bridgehead atoms. The second-order valence-electron chi connectivity index (χ2n) is 9.32. The highest BCUT2D eigenvalue weighted by molar-refractivity contribution is 9.10. The first-order chi connectivity index (χ1) is 19.0. The molecule has 39 heavy (non-hydrogen) atoms. The lowest BCUT2D eigenvalue weighted by atomic mass is 10.1. The average molecular weight is 597 g/mol. The van der Waals surface area contributed by atoms with Crippen LogP contribution in [0.5, 0.6) is 5.75 Å². The first kappa shape index (κ1) is 30.4. The van der Waals surface area contributed by atoms with E-state index in [4.69, 9.17) is 14.2 Å². The monoisotopic (exact) mass is 595 g/mol. The third kappa shape index (κ3) is 10.9. The maximum atomic E-state index is 11.7. The molecule has 0 aliphatic carbocycles. The van der Waals surface area contributed by atoms with Gasteiger partial charge in [-0.1, -0.05) is 58.4 Å². The summed E-state index contributed by atoms with van der Waals surface area (Å²) in [7, 11) is 1.39. The molecule has 0 aliphatic heterocycles. The molecule has 0 atom stereocenters. The minimum atomic E-state index is -0.328. The van der Waals surface area contributed by atoms with Crippen LogP contribution in [0.4, 0.5) is 0 Å². The normalized spacial score (nSPS) is 10.9. The minimum absolute atomic E-state index is 0.133. The van der Waals surface area contributed by atoms with Crippen molar-refractivity contribution < 1.29 is 23.8 Å². The van der Waals surface area contributed by atoms with Crippen molar-refractivity contribution in [2.75, 3.05) is 33.4 Å². The predicted octanol–water partition coefficient (Wildman–Crippen LogP) is 6.64. The molecule has 0 N–H and O–H groups in total. The summed E-state index contributed by atoms with van der Waals surface area (Å²) in [6.07, 6.45) is 3.89. The van der Waals surface area contributed by atoms with Gasteiger partial charge in [0.25, 0.3) is 0 Å². The predicted molar refractivity (Wildman–Crippen MR) is 157 cm³/mol. The maximum absolute atomic E-state index is 11.7. The third-order valence-electron chi connectivity index (χ3n) is 6.48. The molecule has 0 saturated heterocycles. The summed E-state index contributed by atoms with van der Waals surface area (Å²) < 4.78 is 17.1. The fraction of sp³-hybridized carbons (Fsp3) is 0.375. The van der Waals surface area contributed by atoms with Crippen molar-refractivity contribution in [3.8, 4) is 5.75 Å². The average Bonchev–Trinajstić information content (AvgIpc) is 2.96. The zero-order valence-corrected chi connectivity index (χ0v) is 24.5. The summed E-state index contributed by atoms with van der Waals surface area (Å²) >= 11 is 3.48. The minimum Gasteiger partial charge on any atom is -0.489 e. The number of nitrogens with zero attached hydrogens (tertiary/aromatic N) is 1. The maximum Gasteiger partial charge on any atom is 0.337 e. The molecule has 0 saturated carbocycles. The van der Waals surface area contributed by atoms with Gasteiger partial charge in [0.15, 0.2) is 0 Å². The zero-order valence-electron chi connectivity index (χ0n) is 22.9. The Labute approximate surface area is 240 Å². The molecule has 0 heterocycles. The van der Waals surface area contributed by atoms with Crippen LogP contribution in [0.2, 0.25) is 0 Å². The number of halogens is 1. The Balaban J connectivity index is 1.59. The standard InChI is InChI=1S/C32H38BrNO5/c1-3-38-31(35)10-6-7-21-34(22-19-25-11-15-28(16-12-25)32(36)37-2)23-20-27-8-4-5-9-30(27)39-24-26-13-17-29(33)18-14-26/h4-5,8-9,11-18H,3,6-7,10,19-24H2,1-2H3. The van der Waals surface area contributed by atoms with Gasteiger partial charge in [-0.3, -0.25) is 4.79 Å². The molecule has 0 aliphatic rings. The number of benzene rings is 3. The van der Waals surface area contributed by atoms with Gasteiger partial charge in [0.05, 0.1) is 19.3 Å². The molecule has 0 fully saturated rings. The number of hydrogen-bond acceptors (Lipinski definition) is 6. The van der Waals surface area contributed by atoms with E-state index in [-0.39, 0.29) is 11.9 Å². The van der Waals surface area contributed by atoms with Crippen LogP contribution in [0.1, 0.15) is 53.2 Å². The summed E-state index contributed by atoms with van der Waals surface area (Å²) in [5.74, 6) is 0.443. The van der Waals surface area contributed by atoms with E-state index in [0.29, 0.717) is 25.2 Å². The number of carbonyl (C=O) groups excluding carboxylic acids is 2. The summed E-state index contributed by atoms with van der Waals surface area (Å²) in [5.41, 5.74) is 4.01. The molecule has 3 rings (SSSR count). The number of rotatable bonds is 16. The Kier molecular flexibility index (Phi) is 13.0. The highest BCUT2D eigenvalue weighted by Crippen LogP contribution is 2.21. The van der Waals surface area contributed by atoms with Gasteiger partial charge >= 0.3 is 11.9 Å². The lowest BCUT2D eigenvalue weighted by molar-refractivity contribution is -0.143. The van der Waals surface area contributed by atoms with Gasteiger partial charge in [-0.2, -0.15) is 0 Å². The highest BCUT2D eigenvalue weighted by Gasteiger charge is 2.11. The van der Waals surface area contributed by atoms with Crippen molar-refractivity contribution in [2.45, 2.75) is 45.6 Å². The summed E-state index contributed by atoms with van der Waals surface area (Å²) in [5, 5.41) is 0. The van der Waals surface area contributed by atoms with Crippen molar-refractivity contribution in [3.63, 3.8) is 0 Å². The van der Waals surface area contributed by atoms with Crippen molar-refractivity contribution in [1.29, 1.82) is 0 Å². The van der Waals surface area contributed by atoms with Crippen molar-refractivity contribution in [2.24, 2.45) is 0 Å². The number of methoxy groups -OCH3 is 1. The van der Waals surface area contributed by atoms with E-state index in [0.717, 1.165) is 66.7 Å². The van der Waals surface area contributed by atoms with Crippen LogP contribution in [-0.4, -0.2) is 50.2 Å². The quantitative estimate of drug-likeness (QED) is 0.137. The van der Waals surface area contributed by atoms with Crippen molar-refractivity contribution in [1.82, 2.24) is 4.90 Å². The Morgan fingerprint density at radius 3 is 2.23 bits per heavy atom. The Bertz CT molecular complexity index is 1160. The summed E-state index contributed by atoms with van der Waals surface area (Å²) in [4.78, 5) is 25.9. The second kappa shape index (κ2) is 16.7. The topological polar surface area (TPSA) is 65.1 Å². The zero-order chi connectivity index (χ0) is 27.9. The number of para-hydroxylation sites is 1. The van der Waals surface area contributed by atoms with E-state index in [1.165, 1.54) is 12.7 Å². The largest absolute Gasteiger partial charge is 0.489 e. The van der Waals surface area contributed by atoms with Crippen LogP contribution in [0.3, 0.4) is 0 Å². The molecule has 0 radical (unpaired) electrons. The van der Waals surface area contributed by atoms with E-state index in [1.54, 1.807) is 0 Å². The highest BCUT2D eigenvalue weighted by atomic mass is 79.9. The molecule has 0 unspecified atom stereocenters. The van der Waals surface area contributed by atoms with Crippen LogP contribution in [0, 0.1) is 0 Å². The van der Waals surface area contributed by atoms with Crippen LogP contribution >= 0.6 is 15.9 Å². The van der Waals surface area contributed by atoms with Crippen molar-refractivity contribution in [3.05, 3.63) is 99.5 Å². The second-order valence-corrected chi connectivity index (χ2v) is 10.2. The summed E-state index contributed by atoms with van der Waals surface area (Å²) in [6, 6.07) is 24.0. The van der Waals surface area contributed by atoms with E-state index in [2.05, 4.69) is 39.0 Å². The first-order valence-corrected chi connectivity index (χ1v) is 14.3. The van der Waals surface area contributed by atoms with E-state index >= 15 is 0 Å². The number of ether oxygens (including phenoxy) is 3. The fourth-order valence-corrected chi connectivity index (χ4v) is 4.52. The summed E-state index contributed by atoms with van der Waals surface area (Å²) in [6.45, 7) is 5.41. The SMILES string of the molecule is CCOC(=O)CCCCN(CCc1ccc(C(=O)OC)cc1)CCc1ccccc1OCc1ccc(Br)cc1. The van der Waals surface area contributed by atoms with E-state index < -0.39 is 0 Å². The van der Waals surface area contributed by atoms with Gasteiger partial charge in [0.1, 0.15) is 12.4 Å². The molecule has 3 aromatic carbocycles. The molecule has 0 aromatic heterocycles. The van der Waals surface area contributed by atoms with Gasteiger partial charge < -0.3 is 19.1 Å². The molecule has 3 aromatic rings. The first-order valence-electron chi connectivity index (χ1n) is 13.5. The molecular weight excluding hydrogens is 558 g/mol. The number of esters is 2. The number of unbranched alkanes of at least 4 members (excludes halogenated alkanes) is 1. The Morgan fingerprint density at radius 1 is 0.821 bits per heavy atom. The third-order valence-corrected chi connectivity index (χ3v) is 7.01. The molecular formula is C32H38BrNO5. The van der Waals surface area contributed by atoms with Gasteiger partial charge in [-0.25, -0.2) is 4.79 Å². The van der Waals surface area contributed by atoms with Gasteiger partial charge in [0.2, 0.25) is 0 Å². The van der Waals surface area contributed by atoms with E-state index in [9.17, 15) is 9.59 Å². The fourth-order valence-electron chi connectivity index (χ4n) is 4.26. The van der Waals surface area contributed by atoms with Gasteiger partial charge in [0, 0.05) is 24.0 Å². The lowest BCUT2D eigenvalue weighted by Crippen LogP contribution is -2.29. The molecule has 6 nitrogen and oxygen atoms in total. The lowest BCUT2D eigenvalue weighted by Gasteiger charge is -2.23. The van der Waals surface area contributed by atoms with Crippen LogP contribution < -0.4 is 4.74 Å². The smallest absolute Gasteiger partial charge is 0.337 e.